The first-order valence-electron chi connectivity index (χ1n) is 6.77. The maximum atomic E-state index is 5.42. The van der Waals surface area contributed by atoms with Crippen molar-refractivity contribution in [2.75, 3.05) is 46.2 Å². The highest BCUT2D eigenvalue weighted by Crippen LogP contribution is 2.13. The molecule has 0 aromatic heterocycles. The van der Waals surface area contributed by atoms with Crippen LogP contribution in [0.5, 0.6) is 0 Å². The van der Waals surface area contributed by atoms with E-state index in [1.807, 2.05) is 11.8 Å². The fourth-order valence-electron chi connectivity index (χ4n) is 1.96. The Bertz CT molecular complexity index is 255. The first kappa shape index (κ1) is 15.6. The molecule has 0 spiro atoms. The van der Waals surface area contributed by atoms with Gasteiger partial charge in [0.05, 0.1) is 13.2 Å². The Kier molecular flexibility index (Phi) is 7.51. The van der Waals surface area contributed by atoms with Crippen LogP contribution in [-0.2, 0) is 4.74 Å². The molecule has 18 heavy (non-hydrogen) atoms. The Hall–Kier alpha value is -0.420. The van der Waals surface area contributed by atoms with E-state index in [1.165, 1.54) is 6.42 Å². The van der Waals surface area contributed by atoms with E-state index in [-0.39, 0.29) is 0 Å². The third kappa shape index (κ3) is 5.48. The summed E-state index contributed by atoms with van der Waals surface area (Å²) in [5, 5.41) is 3.93. The van der Waals surface area contributed by atoms with Gasteiger partial charge in [0.15, 0.2) is 5.96 Å². The third-order valence-corrected chi connectivity index (χ3v) is 4.11. The molecule has 0 amide bonds. The molecule has 2 atom stereocenters. The Balaban J connectivity index is 2.47. The quantitative estimate of drug-likeness (QED) is 0.590. The van der Waals surface area contributed by atoms with Crippen LogP contribution < -0.4 is 5.32 Å². The first-order chi connectivity index (χ1) is 8.67. The molecule has 0 bridgehead atoms. The molecule has 0 aromatic carbocycles. The average molecular weight is 273 g/mol. The number of aliphatic imine (C=N–C) groups is 1. The number of hydrogen-bond donors (Lipinski definition) is 1. The number of rotatable bonds is 6. The summed E-state index contributed by atoms with van der Waals surface area (Å²) >= 11 is 1.86. The van der Waals surface area contributed by atoms with Gasteiger partial charge in [-0.05, 0) is 19.6 Å². The normalized spacial score (nSPS) is 22.0. The SMILES string of the molecule is CCNC(=NCC(C)SC)N(C)CC1CCOC1. The van der Waals surface area contributed by atoms with E-state index < -0.39 is 0 Å². The van der Waals surface area contributed by atoms with Crippen molar-refractivity contribution in [1.29, 1.82) is 0 Å². The van der Waals surface area contributed by atoms with Gasteiger partial charge in [0, 0.05) is 37.9 Å². The van der Waals surface area contributed by atoms with Crippen LogP contribution in [0.4, 0.5) is 0 Å². The maximum Gasteiger partial charge on any atom is 0.193 e. The number of guanidine groups is 1. The highest BCUT2D eigenvalue weighted by atomic mass is 32.2. The van der Waals surface area contributed by atoms with Crippen LogP contribution in [0.2, 0.25) is 0 Å². The van der Waals surface area contributed by atoms with E-state index >= 15 is 0 Å². The van der Waals surface area contributed by atoms with Crippen LogP contribution in [0.25, 0.3) is 0 Å². The van der Waals surface area contributed by atoms with Crippen LogP contribution in [0.3, 0.4) is 0 Å². The molecule has 1 fully saturated rings. The molecule has 4 nitrogen and oxygen atoms in total. The predicted molar refractivity (Wildman–Crippen MR) is 80.5 cm³/mol. The monoisotopic (exact) mass is 273 g/mol. The van der Waals surface area contributed by atoms with Crippen LogP contribution in [0.15, 0.2) is 4.99 Å². The summed E-state index contributed by atoms with van der Waals surface area (Å²) in [7, 11) is 2.11. The van der Waals surface area contributed by atoms with Gasteiger partial charge in [-0.3, -0.25) is 4.99 Å². The molecule has 0 radical (unpaired) electrons. The summed E-state index contributed by atoms with van der Waals surface area (Å²) in [6, 6.07) is 0. The molecular formula is C13H27N3OS. The van der Waals surface area contributed by atoms with E-state index in [1.54, 1.807) is 0 Å². The van der Waals surface area contributed by atoms with Crippen molar-refractivity contribution in [2.24, 2.45) is 10.9 Å². The number of ether oxygens (including phenoxy) is 1. The van der Waals surface area contributed by atoms with Crippen molar-refractivity contribution in [3.63, 3.8) is 0 Å². The minimum Gasteiger partial charge on any atom is -0.381 e. The second kappa shape index (κ2) is 8.64. The number of nitrogens with zero attached hydrogens (tertiary/aromatic N) is 2. The molecule has 1 rings (SSSR count). The largest absolute Gasteiger partial charge is 0.381 e. The van der Waals surface area contributed by atoms with Crippen LogP contribution >= 0.6 is 11.8 Å². The Labute approximate surface area is 116 Å². The van der Waals surface area contributed by atoms with E-state index in [2.05, 4.69) is 37.4 Å². The third-order valence-electron chi connectivity index (χ3n) is 3.15. The molecule has 1 heterocycles. The molecule has 106 valence electrons. The fourth-order valence-corrected chi connectivity index (χ4v) is 2.18. The van der Waals surface area contributed by atoms with Gasteiger partial charge in [0.1, 0.15) is 0 Å². The van der Waals surface area contributed by atoms with Crippen LogP contribution in [0, 0.1) is 5.92 Å². The molecule has 0 saturated carbocycles. The lowest BCUT2D eigenvalue weighted by Gasteiger charge is -2.24. The van der Waals surface area contributed by atoms with Gasteiger partial charge in [-0.25, -0.2) is 0 Å². The lowest BCUT2D eigenvalue weighted by atomic mass is 10.1. The van der Waals surface area contributed by atoms with E-state index in [9.17, 15) is 0 Å². The van der Waals surface area contributed by atoms with Gasteiger partial charge < -0.3 is 15.0 Å². The molecular weight excluding hydrogens is 246 g/mol. The summed E-state index contributed by atoms with van der Waals surface area (Å²) in [4.78, 5) is 6.93. The van der Waals surface area contributed by atoms with Crippen molar-refractivity contribution in [2.45, 2.75) is 25.5 Å². The molecule has 2 unspecified atom stereocenters. The minimum atomic E-state index is 0.571. The summed E-state index contributed by atoms with van der Waals surface area (Å²) in [5.41, 5.74) is 0. The zero-order valence-corrected chi connectivity index (χ0v) is 12.9. The molecule has 1 aliphatic heterocycles. The summed E-state index contributed by atoms with van der Waals surface area (Å²) in [5.74, 6) is 1.67. The van der Waals surface area contributed by atoms with Gasteiger partial charge in [-0.2, -0.15) is 11.8 Å². The summed E-state index contributed by atoms with van der Waals surface area (Å²) in [6.07, 6.45) is 3.30. The fraction of sp³-hybridized carbons (Fsp3) is 0.923. The molecule has 0 aromatic rings. The zero-order chi connectivity index (χ0) is 13.4. The Morgan fingerprint density at radius 3 is 2.94 bits per heavy atom. The van der Waals surface area contributed by atoms with Crippen molar-refractivity contribution in [3.05, 3.63) is 0 Å². The van der Waals surface area contributed by atoms with E-state index in [0.29, 0.717) is 11.2 Å². The molecule has 1 saturated heterocycles. The van der Waals surface area contributed by atoms with Gasteiger partial charge in [-0.15, -0.1) is 0 Å². The van der Waals surface area contributed by atoms with Crippen molar-refractivity contribution in [3.8, 4) is 0 Å². The van der Waals surface area contributed by atoms with E-state index in [4.69, 9.17) is 9.73 Å². The smallest absolute Gasteiger partial charge is 0.193 e. The standard InChI is InChI=1S/C13H27N3OS/c1-5-14-13(15-8-11(2)18-4)16(3)9-12-6-7-17-10-12/h11-12H,5-10H2,1-4H3,(H,14,15). The molecule has 5 heteroatoms. The highest BCUT2D eigenvalue weighted by molar-refractivity contribution is 7.99. The lowest BCUT2D eigenvalue weighted by Crippen LogP contribution is -2.41. The van der Waals surface area contributed by atoms with Gasteiger partial charge >= 0.3 is 0 Å². The molecule has 0 aliphatic carbocycles. The summed E-state index contributed by atoms with van der Waals surface area (Å²) < 4.78 is 5.42. The summed E-state index contributed by atoms with van der Waals surface area (Å²) in [6.45, 7) is 8.94. The Morgan fingerprint density at radius 2 is 2.39 bits per heavy atom. The number of thioether (sulfide) groups is 1. The zero-order valence-electron chi connectivity index (χ0n) is 12.1. The topological polar surface area (TPSA) is 36.9 Å². The second-order valence-corrected chi connectivity index (χ2v) is 6.13. The van der Waals surface area contributed by atoms with Gasteiger partial charge in [-0.1, -0.05) is 6.92 Å². The van der Waals surface area contributed by atoms with Crippen LogP contribution in [-0.4, -0.2) is 62.3 Å². The highest BCUT2D eigenvalue weighted by Gasteiger charge is 2.19. The average Bonchev–Trinajstić information content (AvgIpc) is 2.86. The first-order valence-corrected chi connectivity index (χ1v) is 8.06. The number of hydrogen-bond acceptors (Lipinski definition) is 3. The van der Waals surface area contributed by atoms with E-state index in [0.717, 1.165) is 38.8 Å². The van der Waals surface area contributed by atoms with Gasteiger partial charge in [0.2, 0.25) is 0 Å². The van der Waals surface area contributed by atoms with Crippen molar-refractivity contribution >= 4 is 17.7 Å². The maximum absolute atomic E-state index is 5.42. The predicted octanol–water partition coefficient (Wildman–Crippen LogP) is 1.67. The molecule has 1 aliphatic rings. The van der Waals surface area contributed by atoms with Crippen LogP contribution in [0.1, 0.15) is 20.3 Å². The minimum absolute atomic E-state index is 0.571. The number of nitrogens with one attached hydrogen (secondary N) is 1. The van der Waals surface area contributed by atoms with Crippen molar-refractivity contribution < 1.29 is 4.74 Å². The molecule has 1 N–H and O–H groups in total. The van der Waals surface area contributed by atoms with Crippen molar-refractivity contribution in [1.82, 2.24) is 10.2 Å². The van der Waals surface area contributed by atoms with Gasteiger partial charge in [0.25, 0.3) is 0 Å². The Morgan fingerprint density at radius 1 is 1.61 bits per heavy atom. The lowest BCUT2D eigenvalue weighted by molar-refractivity contribution is 0.181. The second-order valence-electron chi connectivity index (χ2n) is 4.85.